The highest BCUT2D eigenvalue weighted by atomic mass is 19.3. The predicted octanol–water partition coefficient (Wildman–Crippen LogP) is 2.93. The van der Waals surface area contributed by atoms with Crippen molar-refractivity contribution in [2.45, 2.75) is 32.7 Å². The second-order valence-corrected chi connectivity index (χ2v) is 6.16. The number of piperidine rings is 1. The Kier molecular flexibility index (Phi) is 5.34. The molecule has 1 aromatic carbocycles. The van der Waals surface area contributed by atoms with Crippen LogP contribution in [0.3, 0.4) is 0 Å². The molecule has 2 N–H and O–H groups in total. The summed E-state index contributed by atoms with van der Waals surface area (Å²) >= 11 is 0. The molecule has 0 aliphatic carbocycles. The molecular weight excluding hydrogens is 290 g/mol. The average molecular weight is 312 g/mol. The summed E-state index contributed by atoms with van der Waals surface area (Å²) in [4.78, 5) is 13.8. The number of aliphatic hydroxyl groups excluding tert-OH is 1. The highest BCUT2D eigenvalue weighted by Gasteiger charge is 2.31. The lowest BCUT2D eigenvalue weighted by molar-refractivity contribution is 0.0700. The zero-order valence-electron chi connectivity index (χ0n) is 12.7. The van der Waals surface area contributed by atoms with E-state index in [-0.39, 0.29) is 23.6 Å². The first kappa shape index (κ1) is 16.7. The smallest absolute Gasteiger partial charge is 0.317 e. The molecule has 122 valence electrons. The van der Waals surface area contributed by atoms with Gasteiger partial charge in [-0.3, -0.25) is 0 Å². The number of hydrogen-bond acceptors (Lipinski definition) is 2. The third-order valence-electron chi connectivity index (χ3n) is 4.31. The van der Waals surface area contributed by atoms with E-state index < -0.39 is 6.43 Å². The fourth-order valence-electron chi connectivity index (χ4n) is 2.48. The van der Waals surface area contributed by atoms with Crippen molar-refractivity contribution in [3.8, 4) is 0 Å². The molecule has 0 radical (unpaired) electrons. The van der Waals surface area contributed by atoms with Crippen molar-refractivity contribution >= 4 is 6.03 Å². The van der Waals surface area contributed by atoms with Gasteiger partial charge in [0.05, 0.1) is 0 Å². The van der Waals surface area contributed by atoms with Gasteiger partial charge in [0.15, 0.2) is 0 Å². The minimum atomic E-state index is -2.47. The molecule has 0 saturated carbocycles. The quantitative estimate of drug-likeness (QED) is 0.898. The van der Waals surface area contributed by atoms with Crippen LogP contribution >= 0.6 is 0 Å². The van der Waals surface area contributed by atoms with Crippen LogP contribution in [-0.4, -0.2) is 35.7 Å². The minimum Gasteiger partial charge on any atom is -0.396 e. The van der Waals surface area contributed by atoms with Crippen LogP contribution in [0, 0.1) is 5.41 Å². The van der Waals surface area contributed by atoms with Crippen molar-refractivity contribution in [2.24, 2.45) is 5.41 Å². The second-order valence-electron chi connectivity index (χ2n) is 6.16. The first-order valence-electron chi connectivity index (χ1n) is 7.44. The van der Waals surface area contributed by atoms with Crippen LogP contribution in [0.15, 0.2) is 24.3 Å². The van der Waals surface area contributed by atoms with Crippen LogP contribution < -0.4 is 5.32 Å². The number of carbonyl (C=O) groups excluding carboxylic acids is 1. The lowest BCUT2D eigenvalue weighted by atomic mass is 9.81. The normalized spacial score (nSPS) is 17.6. The van der Waals surface area contributed by atoms with Crippen LogP contribution in [-0.2, 0) is 6.54 Å². The lowest BCUT2D eigenvalue weighted by Crippen LogP contribution is -2.47. The standard InChI is InChI=1S/C16H22F2N2O2/c1-16(11-21)6-8-20(9-7-16)15(22)19-10-12-2-4-13(5-3-12)14(17)18/h2-5,14,21H,6-11H2,1H3,(H,19,22). The van der Waals surface area contributed by atoms with Crippen LogP contribution in [0.4, 0.5) is 13.6 Å². The Morgan fingerprint density at radius 1 is 1.32 bits per heavy atom. The fraction of sp³-hybridized carbons (Fsp3) is 0.562. The van der Waals surface area contributed by atoms with E-state index in [1.807, 2.05) is 6.92 Å². The summed E-state index contributed by atoms with van der Waals surface area (Å²) in [6.07, 6.45) is -0.919. The van der Waals surface area contributed by atoms with Crippen LogP contribution in [0.25, 0.3) is 0 Å². The number of urea groups is 1. The maximum absolute atomic E-state index is 12.5. The summed E-state index contributed by atoms with van der Waals surface area (Å²) in [6, 6.07) is 5.79. The molecule has 1 heterocycles. The van der Waals surface area contributed by atoms with Crippen molar-refractivity contribution < 1.29 is 18.7 Å². The largest absolute Gasteiger partial charge is 0.396 e. The molecule has 0 unspecified atom stereocenters. The van der Waals surface area contributed by atoms with E-state index in [0.29, 0.717) is 19.6 Å². The molecule has 2 amide bonds. The van der Waals surface area contributed by atoms with Gasteiger partial charge in [0, 0.05) is 31.8 Å². The van der Waals surface area contributed by atoms with Crippen molar-refractivity contribution in [2.75, 3.05) is 19.7 Å². The van der Waals surface area contributed by atoms with E-state index in [2.05, 4.69) is 5.32 Å². The number of likely N-dealkylation sites (tertiary alicyclic amines) is 1. The molecule has 2 rings (SSSR count). The predicted molar refractivity (Wildman–Crippen MR) is 79.6 cm³/mol. The van der Waals surface area contributed by atoms with Gasteiger partial charge in [0.25, 0.3) is 6.43 Å². The zero-order chi connectivity index (χ0) is 16.2. The van der Waals surface area contributed by atoms with Crippen LogP contribution in [0.2, 0.25) is 0 Å². The molecule has 6 heteroatoms. The average Bonchev–Trinajstić information content (AvgIpc) is 2.53. The Hall–Kier alpha value is -1.69. The van der Waals surface area contributed by atoms with Crippen molar-refractivity contribution in [1.82, 2.24) is 10.2 Å². The molecule has 4 nitrogen and oxygen atoms in total. The third kappa shape index (κ3) is 4.16. The molecule has 0 spiro atoms. The van der Waals surface area contributed by atoms with E-state index in [0.717, 1.165) is 18.4 Å². The highest BCUT2D eigenvalue weighted by molar-refractivity contribution is 5.74. The molecule has 0 bridgehead atoms. The molecule has 1 aliphatic rings. The number of alkyl halides is 2. The maximum atomic E-state index is 12.5. The highest BCUT2D eigenvalue weighted by Crippen LogP contribution is 2.29. The number of nitrogens with one attached hydrogen (secondary N) is 1. The van der Waals surface area contributed by atoms with Crippen LogP contribution in [0.5, 0.6) is 0 Å². The zero-order valence-corrected chi connectivity index (χ0v) is 12.7. The maximum Gasteiger partial charge on any atom is 0.317 e. The van der Waals surface area contributed by atoms with Gasteiger partial charge >= 0.3 is 6.03 Å². The number of halogens is 2. The van der Waals surface area contributed by atoms with Gasteiger partial charge in [-0.2, -0.15) is 0 Å². The summed E-state index contributed by atoms with van der Waals surface area (Å²) in [7, 11) is 0. The summed E-state index contributed by atoms with van der Waals surface area (Å²) in [5.74, 6) is 0. The number of nitrogens with zero attached hydrogens (tertiary/aromatic N) is 1. The molecule has 22 heavy (non-hydrogen) atoms. The Labute approximate surface area is 129 Å². The van der Waals surface area contributed by atoms with Gasteiger partial charge in [0.1, 0.15) is 0 Å². The number of amides is 2. The monoisotopic (exact) mass is 312 g/mol. The number of aliphatic hydroxyl groups is 1. The Balaban J connectivity index is 1.81. The lowest BCUT2D eigenvalue weighted by Gasteiger charge is -2.38. The molecule has 0 aromatic heterocycles. The van der Waals surface area contributed by atoms with E-state index in [9.17, 15) is 18.7 Å². The van der Waals surface area contributed by atoms with Crippen molar-refractivity contribution in [3.05, 3.63) is 35.4 Å². The van der Waals surface area contributed by atoms with E-state index in [1.165, 1.54) is 12.1 Å². The van der Waals surface area contributed by atoms with Gasteiger partial charge in [-0.05, 0) is 23.8 Å². The Morgan fingerprint density at radius 2 is 1.91 bits per heavy atom. The number of carbonyl (C=O) groups is 1. The van der Waals surface area contributed by atoms with Crippen molar-refractivity contribution in [1.29, 1.82) is 0 Å². The molecule has 1 fully saturated rings. The number of hydrogen-bond donors (Lipinski definition) is 2. The molecule has 1 saturated heterocycles. The summed E-state index contributed by atoms with van der Waals surface area (Å²) in [6.45, 7) is 3.71. The summed E-state index contributed by atoms with van der Waals surface area (Å²) < 4.78 is 24.9. The molecule has 1 aliphatic heterocycles. The van der Waals surface area contributed by atoms with E-state index in [4.69, 9.17) is 0 Å². The topological polar surface area (TPSA) is 52.6 Å². The molecule has 1 aromatic rings. The van der Waals surface area contributed by atoms with Gasteiger partial charge in [-0.15, -0.1) is 0 Å². The van der Waals surface area contributed by atoms with Gasteiger partial charge < -0.3 is 15.3 Å². The fourth-order valence-corrected chi connectivity index (χ4v) is 2.48. The van der Waals surface area contributed by atoms with Crippen LogP contribution in [0.1, 0.15) is 37.3 Å². The summed E-state index contributed by atoms with van der Waals surface area (Å²) in [5.41, 5.74) is 0.673. The second kappa shape index (κ2) is 7.05. The first-order chi connectivity index (χ1) is 10.4. The number of benzene rings is 1. The minimum absolute atomic E-state index is 0.0191. The van der Waals surface area contributed by atoms with Gasteiger partial charge in [-0.25, -0.2) is 13.6 Å². The molecular formula is C16H22F2N2O2. The SMILES string of the molecule is CC1(CO)CCN(C(=O)NCc2ccc(C(F)F)cc2)CC1. The number of rotatable bonds is 4. The molecule has 0 atom stereocenters. The van der Waals surface area contributed by atoms with E-state index in [1.54, 1.807) is 17.0 Å². The van der Waals surface area contributed by atoms with E-state index >= 15 is 0 Å². The van der Waals surface area contributed by atoms with Gasteiger partial charge in [0.2, 0.25) is 0 Å². The Bertz CT molecular complexity index is 497. The third-order valence-corrected chi connectivity index (χ3v) is 4.31. The van der Waals surface area contributed by atoms with Gasteiger partial charge in [-0.1, -0.05) is 31.2 Å². The van der Waals surface area contributed by atoms with Crippen molar-refractivity contribution in [3.63, 3.8) is 0 Å². The first-order valence-corrected chi connectivity index (χ1v) is 7.44. The summed E-state index contributed by atoms with van der Waals surface area (Å²) in [5, 5.41) is 12.1. The Morgan fingerprint density at radius 3 is 2.41 bits per heavy atom.